The highest BCUT2D eigenvalue weighted by atomic mass is 32.2. The number of hydrogen-bond donors (Lipinski definition) is 1. The normalized spacial score (nSPS) is 9.84. The highest BCUT2D eigenvalue weighted by molar-refractivity contribution is 7.99. The van der Waals surface area contributed by atoms with Crippen molar-refractivity contribution in [2.45, 2.75) is 9.79 Å². The second-order valence-corrected chi connectivity index (χ2v) is 4.76. The minimum Gasteiger partial charge on any atom is -0.507 e. The van der Waals surface area contributed by atoms with E-state index in [-0.39, 0.29) is 11.4 Å². The standard InChI is InChI=1S/C13H8N2O3S/c14-8-9-1-6-13(12(16)7-9)19-11-4-2-10(3-5-11)15(17)18/h1-7,16H. The highest BCUT2D eigenvalue weighted by Gasteiger charge is 2.07. The molecule has 0 saturated carbocycles. The number of benzene rings is 2. The van der Waals surface area contributed by atoms with Gasteiger partial charge < -0.3 is 5.11 Å². The van der Waals surface area contributed by atoms with Crippen molar-refractivity contribution < 1.29 is 10.0 Å². The zero-order valence-electron chi connectivity index (χ0n) is 9.61. The van der Waals surface area contributed by atoms with E-state index in [0.717, 1.165) is 4.90 Å². The van der Waals surface area contributed by atoms with Crippen LogP contribution >= 0.6 is 11.8 Å². The van der Waals surface area contributed by atoms with Gasteiger partial charge in [-0.15, -0.1) is 0 Å². The van der Waals surface area contributed by atoms with Crippen LogP contribution in [-0.2, 0) is 0 Å². The van der Waals surface area contributed by atoms with Gasteiger partial charge in [0, 0.05) is 17.0 Å². The van der Waals surface area contributed by atoms with E-state index in [4.69, 9.17) is 5.26 Å². The van der Waals surface area contributed by atoms with E-state index in [9.17, 15) is 15.2 Å². The molecule has 94 valence electrons. The summed E-state index contributed by atoms with van der Waals surface area (Å²) >= 11 is 1.27. The second-order valence-electron chi connectivity index (χ2n) is 3.65. The van der Waals surface area contributed by atoms with E-state index in [1.807, 2.05) is 6.07 Å². The van der Waals surface area contributed by atoms with Crippen LogP contribution in [0.2, 0.25) is 0 Å². The number of nitrogens with zero attached hydrogens (tertiary/aromatic N) is 2. The van der Waals surface area contributed by atoms with Crippen LogP contribution in [0.5, 0.6) is 5.75 Å². The van der Waals surface area contributed by atoms with E-state index >= 15 is 0 Å². The van der Waals surface area contributed by atoms with Crippen LogP contribution in [0.3, 0.4) is 0 Å². The van der Waals surface area contributed by atoms with Crippen molar-refractivity contribution in [1.29, 1.82) is 5.26 Å². The lowest BCUT2D eigenvalue weighted by Crippen LogP contribution is -1.86. The molecule has 0 aliphatic rings. The van der Waals surface area contributed by atoms with Gasteiger partial charge in [0.25, 0.3) is 5.69 Å². The van der Waals surface area contributed by atoms with E-state index < -0.39 is 4.92 Å². The molecule has 0 bridgehead atoms. The molecule has 2 rings (SSSR count). The molecule has 5 nitrogen and oxygen atoms in total. The molecule has 1 N–H and O–H groups in total. The molecule has 0 fully saturated rings. The van der Waals surface area contributed by atoms with Gasteiger partial charge in [0.15, 0.2) is 0 Å². The fraction of sp³-hybridized carbons (Fsp3) is 0. The van der Waals surface area contributed by atoms with Gasteiger partial charge in [-0.1, -0.05) is 11.8 Å². The number of nitriles is 1. The van der Waals surface area contributed by atoms with Crippen LogP contribution in [0.25, 0.3) is 0 Å². The van der Waals surface area contributed by atoms with Crippen LogP contribution < -0.4 is 0 Å². The molecule has 6 heteroatoms. The van der Waals surface area contributed by atoms with Crippen molar-refractivity contribution in [2.75, 3.05) is 0 Å². The lowest BCUT2D eigenvalue weighted by molar-refractivity contribution is -0.384. The minimum absolute atomic E-state index is 0.0161. The predicted molar refractivity (Wildman–Crippen MR) is 70.0 cm³/mol. The maximum Gasteiger partial charge on any atom is 0.269 e. The van der Waals surface area contributed by atoms with Gasteiger partial charge >= 0.3 is 0 Å². The number of phenolic OH excluding ortho intramolecular Hbond substituents is 1. The van der Waals surface area contributed by atoms with E-state index in [1.165, 1.54) is 30.0 Å². The summed E-state index contributed by atoms with van der Waals surface area (Å²) in [5.74, 6) is 0.0161. The van der Waals surface area contributed by atoms with Gasteiger partial charge in [-0.05, 0) is 30.3 Å². The monoisotopic (exact) mass is 272 g/mol. The van der Waals surface area contributed by atoms with Crippen LogP contribution in [-0.4, -0.2) is 10.0 Å². The van der Waals surface area contributed by atoms with Crippen LogP contribution in [0, 0.1) is 21.4 Å². The van der Waals surface area contributed by atoms with Crippen molar-refractivity contribution in [2.24, 2.45) is 0 Å². The minimum atomic E-state index is -0.465. The number of phenols is 1. The molecule has 0 unspecified atom stereocenters. The first-order chi connectivity index (χ1) is 9.10. The Hall–Kier alpha value is -2.52. The number of rotatable bonds is 3. The summed E-state index contributed by atoms with van der Waals surface area (Å²) in [5, 5.41) is 29.0. The first kappa shape index (κ1) is 12.9. The third-order valence-electron chi connectivity index (χ3n) is 2.36. The highest BCUT2D eigenvalue weighted by Crippen LogP contribution is 2.35. The molecule has 0 spiro atoms. The molecular formula is C13H8N2O3S. The first-order valence-corrected chi connectivity index (χ1v) is 6.07. The summed E-state index contributed by atoms with van der Waals surface area (Å²) in [6, 6.07) is 12.6. The van der Waals surface area contributed by atoms with Crippen LogP contribution in [0.4, 0.5) is 5.69 Å². The van der Waals surface area contributed by atoms with Gasteiger partial charge in [0.05, 0.1) is 21.5 Å². The molecule has 0 radical (unpaired) electrons. The van der Waals surface area contributed by atoms with E-state index in [1.54, 1.807) is 24.3 Å². The smallest absolute Gasteiger partial charge is 0.269 e. The lowest BCUT2D eigenvalue weighted by atomic mass is 10.2. The average Bonchev–Trinajstić information content (AvgIpc) is 2.41. The summed E-state index contributed by atoms with van der Waals surface area (Å²) in [6.45, 7) is 0. The zero-order valence-corrected chi connectivity index (χ0v) is 10.4. The predicted octanol–water partition coefficient (Wildman–Crippen LogP) is 3.32. The Kier molecular flexibility index (Phi) is 3.68. The van der Waals surface area contributed by atoms with Crippen molar-refractivity contribution in [1.82, 2.24) is 0 Å². The quantitative estimate of drug-likeness (QED) is 0.684. The fourth-order valence-corrected chi connectivity index (χ4v) is 2.26. The third kappa shape index (κ3) is 3.03. The largest absolute Gasteiger partial charge is 0.507 e. The Morgan fingerprint density at radius 3 is 2.42 bits per heavy atom. The van der Waals surface area contributed by atoms with Gasteiger partial charge in [-0.25, -0.2) is 0 Å². The van der Waals surface area contributed by atoms with Crippen molar-refractivity contribution in [3.8, 4) is 11.8 Å². The molecule has 0 amide bonds. The first-order valence-electron chi connectivity index (χ1n) is 5.25. The molecule has 0 aliphatic heterocycles. The van der Waals surface area contributed by atoms with Gasteiger partial charge in [0.2, 0.25) is 0 Å². The number of nitro benzene ring substituents is 1. The average molecular weight is 272 g/mol. The number of nitro groups is 1. The lowest BCUT2D eigenvalue weighted by Gasteiger charge is -2.04. The summed E-state index contributed by atoms with van der Waals surface area (Å²) in [4.78, 5) is 11.4. The Balaban J connectivity index is 2.22. The van der Waals surface area contributed by atoms with Gasteiger partial charge in [-0.2, -0.15) is 5.26 Å². The Labute approximate surface area is 113 Å². The molecule has 19 heavy (non-hydrogen) atoms. The Morgan fingerprint density at radius 2 is 1.89 bits per heavy atom. The van der Waals surface area contributed by atoms with Crippen molar-refractivity contribution in [3.63, 3.8) is 0 Å². The number of hydrogen-bond acceptors (Lipinski definition) is 5. The maximum absolute atomic E-state index is 10.5. The molecule has 2 aromatic carbocycles. The third-order valence-corrected chi connectivity index (χ3v) is 3.44. The topological polar surface area (TPSA) is 87.2 Å². The molecule has 0 atom stereocenters. The van der Waals surface area contributed by atoms with Gasteiger partial charge in [0.1, 0.15) is 5.75 Å². The molecule has 0 saturated heterocycles. The Bertz CT molecular complexity index is 663. The number of non-ortho nitro benzene ring substituents is 1. The Morgan fingerprint density at radius 1 is 1.21 bits per heavy atom. The van der Waals surface area contributed by atoms with Crippen LogP contribution in [0.15, 0.2) is 52.3 Å². The van der Waals surface area contributed by atoms with Gasteiger partial charge in [-0.3, -0.25) is 10.1 Å². The summed E-state index contributed by atoms with van der Waals surface area (Å²) in [5.41, 5.74) is 0.402. The second kappa shape index (κ2) is 5.42. The molecule has 0 aromatic heterocycles. The molecule has 2 aromatic rings. The fourth-order valence-electron chi connectivity index (χ4n) is 1.44. The zero-order chi connectivity index (χ0) is 13.8. The van der Waals surface area contributed by atoms with Crippen molar-refractivity contribution in [3.05, 3.63) is 58.1 Å². The molecule has 0 aliphatic carbocycles. The van der Waals surface area contributed by atoms with Crippen LogP contribution in [0.1, 0.15) is 5.56 Å². The summed E-state index contributed by atoms with van der Waals surface area (Å²) in [7, 11) is 0. The maximum atomic E-state index is 10.5. The summed E-state index contributed by atoms with van der Waals surface area (Å²) in [6.07, 6.45) is 0. The van der Waals surface area contributed by atoms with Crippen molar-refractivity contribution >= 4 is 17.4 Å². The summed E-state index contributed by atoms with van der Waals surface area (Å²) < 4.78 is 0. The van der Waals surface area contributed by atoms with E-state index in [0.29, 0.717) is 10.5 Å². The molecular weight excluding hydrogens is 264 g/mol. The van der Waals surface area contributed by atoms with E-state index in [2.05, 4.69) is 0 Å². The SMILES string of the molecule is N#Cc1ccc(Sc2ccc([N+](=O)[O-])cc2)c(O)c1. The molecule has 0 heterocycles. The number of aromatic hydroxyl groups is 1.